The van der Waals surface area contributed by atoms with Crippen LogP contribution in [-0.2, 0) is 23.7 Å². The summed E-state index contributed by atoms with van der Waals surface area (Å²) in [7, 11) is 0. The van der Waals surface area contributed by atoms with Crippen molar-refractivity contribution in [2.24, 2.45) is 0 Å². The zero-order chi connectivity index (χ0) is 17.3. The van der Waals surface area contributed by atoms with E-state index in [2.05, 4.69) is 21.3 Å². The van der Waals surface area contributed by atoms with E-state index in [-0.39, 0.29) is 33.2 Å². The molecule has 0 rings (SSSR count). The van der Waals surface area contributed by atoms with Gasteiger partial charge in [0.15, 0.2) is 6.79 Å². The first-order chi connectivity index (χ1) is 10.7. The Bertz CT molecular complexity index is 267. The van der Waals surface area contributed by atoms with E-state index in [1.165, 1.54) is 0 Å². The van der Waals surface area contributed by atoms with Gasteiger partial charge in [0.2, 0.25) is 0 Å². The molecular formula is C14H24O8. The third kappa shape index (κ3) is 42.9. The van der Waals surface area contributed by atoms with E-state index in [4.69, 9.17) is 37.6 Å². The number of aliphatic hydroxyl groups excluding tert-OH is 3. The summed E-state index contributed by atoms with van der Waals surface area (Å²) in [5.74, 6) is 4.57. The van der Waals surface area contributed by atoms with Gasteiger partial charge in [-0.3, -0.25) is 4.79 Å². The summed E-state index contributed by atoms with van der Waals surface area (Å²) < 4.78 is 18.5. The van der Waals surface area contributed by atoms with E-state index in [0.717, 1.165) is 0 Å². The fraction of sp³-hybridized carbons (Fsp3) is 0.643. The molecule has 0 bridgehead atoms. The van der Waals surface area contributed by atoms with Crippen molar-refractivity contribution in [2.75, 3.05) is 59.6 Å². The van der Waals surface area contributed by atoms with Gasteiger partial charge in [0.25, 0.3) is 6.47 Å². The van der Waals surface area contributed by atoms with Gasteiger partial charge in [0, 0.05) is 0 Å². The van der Waals surface area contributed by atoms with Gasteiger partial charge in [-0.1, -0.05) is 11.8 Å². The largest absolute Gasteiger partial charge is 0.441 e. The molecule has 0 aromatic rings. The third-order valence-corrected chi connectivity index (χ3v) is 1.30. The molecule has 0 fully saturated rings. The summed E-state index contributed by atoms with van der Waals surface area (Å²) in [5.41, 5.74) is 0. The molecule has 0 aromatic heterocycles. The smallest absolute Gasteiger partial charge is 0.295 e. The van der Waals surface area contributed by atoms with Crippen molar-refractivity contribution in [3.8, 4) is 24.7 Å². The van der Waals surface area contributed by atoms with Gasteiger partial charge in [0.05, 0.1) is 39.6 Å². The average molecular weight is 320 g/mol. The molecule has 0 radical (unpaired) electrons. The zero-order valence-electron chi connectivity index (χ0n) is 12.5. The molecule has 0 aliphatic rings. The molecule has 0 aromatic carbocycles. The molecule has 0 saturated heterocycles. The van der Waals surface area contributed by atoms with Crippen LogP contribution in [0.2, 0.25) is 0 Å². The second-order valence-electron chi connectivity index (χ2n) is 2.97. The Hall–Kier alpha value is -1.65. The minimum atomic E-state index is -0.125. The van der Waals surface area contributed by atoms with Crippen molar-refractivity contribution in [3.05, 3.63) is 0 Å². The molecule has 0 spiro atoms. The first-order valence-corrected chi connectivity index (χ1v) is 6.23. The third-order valence-electron chi connectivity index (χ3n) is 1.30. The van der Waals surface area contributed by atoms with Crippen LogP contribution in [-0.4, -0.2) is 81.4 Å². The quantitative estimate of drug-likeness (QED) is 0.180. The number of carbonyl (C=O) groups excluding carboxylic acids is 1. The molecule has 128 valence electrons. The van der Waals surface area contributed by atoms with Crippen molar-refractivity contribution >= 4 is 6.47 Å². The molecule has 0 heterocycles. The highest BCUT2D eigenvalue weighted by Crippen LogP contribution is 1.77. The molecule has 22 heavy (non-hydrogen) atoms. The monoisotopic (exact) mass is 320 g/mol. The molecule has 3 N–H and O–H groups in total. The van der Waals surface area contributed by atoms with Crippen LogP contribution in [0.3, 0.4) is 0 Å². The van der Waals surface area contributed by atoms with Gasteiger partial charge < -0.3 is 34.3 Å². The lowest BCUT2D eigenvalue weighted by Crippen LogP contribution is -2.06. The molecule has 0 aliphatic carbocycles. The van der Waals surface area contributed by atoms with E-state index >= 15 is 0 Å². The van der Waals surface area contributed by atoms with Crippen LogP contribution >= 0.6 is 0 Å². The zero-order valence-corrected chi connectivity index (χ0v) is 12.5. The Balaban J connectivity index is -0.000000280. The maximum Gasteiger partial charge on any atom is 0.295 e. The van der Waals surface area contributed by atoms with Gasteiger partial charge >= 0.3 is 0 Å². The predicted molar refractivity (Wildman–Crippen MR) is 78.5 cm³/mol. The van der Waals surface area contributed by atoms with Crippen molar-refractivity contribution in [2.45, 2.75) is 0 Å². The van der Waals surface area contributed by atoms with Crippen molar-refractivity contribution in [3.63, 3.8) is 0 Å². The SMILES string of the molecule is C#CCOCCO.C#CCOCCOCOC=O.OCCO. The number of hydrogen-bond acceptors (Lipinski definition) is 8. The highest BCUT2D eigenvalue weighted by Gasteiger charge is 1.86. The number of aliphatic hydroxyl groups is 3. The van der Waals surface area contributed by atoms with E-state index < -0.39 is 0 Å². The van der Waals surface area contributed by atoms with Crippen LogP contribution in [0, 0.1) is 24.7 Å². The summed E-state index contributed by atoms with van der Waals surface area (Å²) in [4.78, 5) is 9.58. The summed E-state index contributed by atoms with van der Waals surface area (Å²) in [6, 6.07) is 0. The van der Waals surface area contributed by atoms with Crippen molar-refractivity contribution in [1.29, 1.82) is 0 Å². The Morgan fingerprint density at radius 1 is 0.818 bits per heavy atom. The first-order valence-electron chi connectivity index (χ1n) is 6.23. The van der Waals surface area contributed by atoms with Gasteiger partial charge in [-0.25, -0.2) is 0 Å². The molecule has 0 unspecified atom stereocenters. The van der Waals surface area contributed by atoms with Gasteiger partial charge in [0.1, 0.15) is 13.2 Å². The molecule has 0 saturated carbocycles. The highest BCUT2D eigenvalue weighted by molar-refractivity contribution is 5.36. The Morgan fingerprint density at radius 3 is 1.73 bits per heavy atom. The van der Waals surface area contributed by atoms with Crippen LogP contribution in [0.5, 0.6) is 0 Å². The number of ether oxygens (including phenoxy) is 4. The lowest BCUT2D eigenvalue weighted by molar-refractivity contribution is -0.141. The molecule has 8 nitrogen and oxygen atoms in total. The minimum absolute atomic E-state index is 0.0388. The number of terminal acetylenes is 2. The van der Waals surface area contributed by atoms with E-state index in [1.807, 2.05) is 0 Å². The van der Waals surface area contributed by atoms with E-state index in [9.17, 15) is 4.79 Å². The summed E-state index contributed by atoms with van der Waals surface area (Å²) in [6.07, 6.45) is 9.72. The Morgan fingerprint density at radius 2 is 1.32 bits per heavy atom. The van der Waals surface area contributed by atoms with Crippen LogP contribution in [0.4, 0.5) is 0 Å². The predicted octanol–water partition coefficient (Wildman–Crippen LogP) is -1.62. The summed E-state index contributed by atoms with van der Waals surface area (Å²) in [5, 5.41) is 23.3. The molecule has 8 heteroatoms. The average Bonchev–Trinajstić information content (AvgIpc) is 2.55. The van der Waals surface area contributed by atoms with Crippen LogP contribution in [0.25, 0.3) is 0 Å². The lowest BCUT2D eigenvalue weighted by atomic mass is 10.7. The second kappa shape index (κ2) is 31.6. The lowest BCUT2D eigenvalue weighted by Gasteiger charge is -2.01. The summed E-state index contributed by atoms with van der Waals surface area (Å²) >= 11 is 0. The maximum atomic E-state index is 9.58. The number of hydrogen-bond donors (Lipinski definition) is 3. The van der Waals surface area contributed by atoms with Crippen LogP contribution in [0.15, 0.2) is 0 Å². The van der Waals surface area contributed by atoms with Gasteiger partial charge in [-0.15, -0.1) is 12.8 Å². The normalized spacial score (nSPS) is 8.23. The van der Waals surface area contributed by atoms with E-state index in [0.29, 0.717) is 32.9 Å². The standard InChI is InChI=1S/C7H10O4.C5H8O2.C2H6O2/c1-2-3-9-4-5-10-7-11-6-8;1-2-4-7-5-3-6;3-1-2-4/h1,6H,3-5,7H2;1,6H,3-5H2;3-4H,1-2H2. The molecule has 0 aliphatic heterocycles. The minimum Gasteiger partial charge on any atom is -0.441 e. The van der Waals surface area contributed by atoms with Gasteiger partial charge in [-0.2, -0.15) is 0 Å². The first kappa shape index (κ1) is 25.3. The number of rotatable bonds is 11. The molecule has 0 atom stereocenters. The maximum absolute atomic E-state index is 9.58. The van der Waals surface area contributed by atoms with Crippen molar-refractivity contribution in [1.82, 2.24) is 0 Å². The molecular weight excluding hydrogens is 296 g/mol. The highest BCUT2D eigenvalue weighted by atomic mass is 16.7. The molecule has 0 amide bonds. The van der Waals surface area contributed by atoms with Crippen LogP contribution < -0.4 is 0 Å². The fourth-order valence-corrected chi connectivity index (χ4v) is 0.579. The topological polar surface area (TPSA) is 115 Å². The second-order valence-corrected chi connectivity index (χ2v) is 2.97. The Labute approximate surface area is 130 Å². The fourth-order valence-electron chi connectivity index (χ4n) is 0.579. The van der Waals surface area contributed by atoms with E-state index in [1.54, 1.807) is 0 Å². The van der Waals surface area contributed by atoms with Gasteiger partial charge in [-0.05, 0) is 0 Å². The number of carbonyl (C=O) groups is 1. The Kier molecular flexibility index (Phi) is 36.4. The van der Waals surface area contributed by atoms with Crippen LogP contribution in [0.1, 0.15) is 0 Å². The summed E-state index contributed by atoms with van der Waals surface area (Å²) in [6.45, 7) is 1.76. The van der Waals surface area contributed by atoms with Crippen molar-refractivity contribution < 1.29 is 39.1 Å².